The van der Waals surface area contributed by atoms with Crippen LogP contribution >= 0.6 is 0 Å². The van der Waals surface area contributed by atoms with Gasteiger partial charge in [-0.1, -0.05) is 25.1 Å². The molecule has 5 bridgehead atoms. The van der Waals surface area contributed by atoms with Gasteiger partial charge in [-0.3, -0.25) is 14.5 Å². The summed E-state index contributed by atoms with van der Waals surface area (Å²) in [4.78, 5) is 29.2. The van der Waals surface area contributed by atoms with Crippen LogP contribution < -0.4 is 4.90 Å². The quantitative estimate of drug-likeness (QED) is 0.714. The first-order chi connectivity index (χ1) is 14.4. The van der Waals surface area contributed by atoms with Gasteiger partial charge in [0.05, 0.1) is 11.5 Å². The van der Waals surface area contributed by atoms with E-state index in [1.54, 1.807) is 6.92 Å². The zero-order valence-corrected chi connectivity index (χ0v) is 18.1. The Kier molecular flexibility index (Phi) is 3.73. The molecule has 0 amide bonds. The van der Waals surface area contributed by atoms with E-state index in [2.05, 4.69) is 48.0 Å². The highest BCUT2D eigenvalue weighted by Crippen LogP contribution is 2.69. The van der Waals surface area contributed by atoms with Gasteiger partial charge in [-0.2, -0.15) is 0 Å². The van der Waals surface area contributed by atoms with Gasteiger partial charge in [0, 0.05) is 50.5 Å². The Bertz CT molecular complexity index is 934. The van der Waals surface area contributed by atoms with Crippen LogP contribution in [0.4, 0.5) is 5.69 Å². The van der Waals surface area contributed by atoms with Gasteiger partial charge in [0.1, 0.15) is 6.10 Å². The van der Waals surface area contributed by atoms with Gasteiger partial charge >= 0.3 is 11.9 Å². The molecule has 4 saturated heterocycles. The molecule has 0 aromatic heterocycles. The lowest BCUT2D eigenvalue weighted by molar-refractivity contribution is -0.228. The van der Waals surface area contributed by atoms with Crippen LogP contribution in [0, 0.1) is 17.8 Å². The summed E-state index contributed by atoms with van der Waals surface area (Å²) in [5, 5.41) is 0. The second kappa shape index (κ2) is 6.00. The smallest absolute Gasteiger partial charge is 0.304 e. The first kappa shape index (κ1) is 18.7. The van der Waals surface area contributed by atoms with Crippen molar-refractivity contribution < 1.29 is 19.1 Å². The number of benzene rings is 1. The summed E-state index contributed by atoms with van der Waals surface area (Å²) >= 11 is 0. The zero-order valence-electron chi connectivity index (χ0n) is 18.1. The van der Waals surface area contributed by atoms with Crippen molar-refractivity contribution in [3.8, 4) is 0 Å². The molecule has 1 aliphatic carbocycles. The van der Waals surface area contributed by atoms with Gasteiger partial charge in [0.2, 0.25) is 0 Å². The highest BCUT2D eigenvalue weighted by atomic mass is 16.6. The monoisotopic (exact) mass is 410 g/mol. The third kappa shape index (κ3) is 1.99. The number of ether oxygens (including phenoxy) is 2. The molecule has 7 rings (SSSR count). The first-order valence-electron chi connectivity index (χ1n) is 11.3. The maximum Gasteiger partial charge on any atom is 0.304 e. The Morgan fingerprint density at radius 1 is 1.13 bits per heavy atom. The summed E-state index contributed by atoms with van der Waals surface area (Å²) in [6.45, 7) is 5.26. The molecule has 5 fully saturated rings. The number of likely N-dealkylation sites (N-methyl/N-ethyl adjacent to an activating group) is 1. The second-order valence-corrected chi connectivity index (χ2v) is 9.98. The van der Waals surface area contributed by atoms with E-state index >= 15 is 0 Å². The summed E-state index contributed by atoms with van der Waals surface area (Å²) in [5.41, 5.74) is 2.41. The van der Waals surface area contributed by atoms with Crippen LogP contribution in [0.1, 0.15) is 45.6 Å². The largest absolute Gasteiger partial charge is 0.461 e. The molecule has 1 aromatic rings. The van der Waals surface area contributed by atoms with E-state index in [4.69, 9.17) is 9.47 Å². The highest BCUT2D eigenvalue weighted by Gasteiger charge is 2.78. The van der Waals surface area contributed by atoms with E-state index in [9.17, 15) is 9.59 Å². The third-order valence-corrected chi connectivity index (χ3v) is 8.98. The van der Waals surface area contributed by atoms with Crippen molar-refractivity contribution in [3.05, 3.63) is 29.8 Å². The topological polar surface area (TPSA) is 59.1 Å². The summed E-state index contributed by atoms with van der Waals surface area (Å²) in [5.74, 6) is 0.608. The van der Waals surface area contributed by atoms with Crippen LogP contribution in [0.25, 0.3) is 0 Å². The number of hydrogen-bond donors (Lipinski definition) is 0. The number of hydrogen-bond acceptors (Lipinski definition) is 6. The lowest BCUT2D eigenvalue weighted by Gasteiger charge is -2.62. The fourth-order valence-electron chi connectivity index (χ4n) is 8.49. The van der Waals surface area contributed by atoms with Gasteiger partial charge in [0.15, 0.2) is 6.23 Å². The van der Waals surface area contributed by atoms with Crippen molar-refractivity contribution in [2.75, 3.05) is 11.9 Å². The Hall–Kier alpha value is -2.08. The van der Waals surface area contributed by atoms with E-state index < -0.39 is 0 Å². The van der Waals surface area contributed by atoms with Crippen LogP contribution in [-0.4, -0.2) is 54.3 Å². The van der Waals surface area contributed by atoms with Gasteiger partial charge in [-0.15, -0.1) is 0 Å². The summed E-state index contributed by atoms with van der Waals surface area (Å²) in [7, 11) is 2.18. The number of carbonyl (C=O) groups excluding carboxylic acids is 2. The molecule has 1 aromatic carbocycles. The van der Waals surface area contributed by atoms with E-state index in [1.807, 2.05) is 0 Å². The lowest BCUT2D eigenvalue weighted by Crippen LogP contribution is -2.73. The van der Waals surface area contributed by atoms with Gasteiger partial charge in [0.25, 0.3) is 0 Å². The van der Waals surface area contributed by atoms with Crippen molar-refractivity contribution in [2.24, 2.45) is 17.8 Å². The molecule has 6 nitrogen and oxygen atoms in total. The number of rotatable bonds is 3. The fourth-order valence-corrected chi connectivity index (χ4v) is 8.49. The molecule has 5 aliphatic heterocycles. The predicted molar refractivity (Wildman–Crippen MR) is 111 cm³/mol. The van der Waals surface area contributed by atoms with Crippen molar-refractivity contribution in [2.45, 2.75) is 75.9 Å². The summed E-state index contributed by atoms with van der Waals surface area (Å²) < 4.78 is 12.2. The van der Waals surface area contributed by atoms with Crippen molar-refractivity contribution in [1.82, 2.24) is 4.90 Å². The Labute approximate surface area is 177 Å². The van der Waals surface area contributed by atoms with Crippen LogP contribution in [0.15, 0.2) is 24.3 Å². The molecular formula is C24H30N2O4. The molecule has 6 heteroatoms. The molecule has 10 atom stereocenters. The number of anilines is 1. The van der Waals surface area contributed by atoms with Gasteiger partial charge in [-0.25, -0.2) is 0 Å². The highest BCUT2D eigenvalue weighted by molar-refractivity contribution is 5.70. The maximum atomic E-state index is 12.3. The average Bonchev–Trinajstić information content (AvgIpc) is 3.10. The summed E-state index contributed by atoms with van der Waals surface area (Å²) in [6, 6.07) is 9.46. The number of fused-ring (bicyclic) bond motifs is 2. The second-order valence-electron chi connectivity index (χ2n) is 9.98. The zero-order chi connectivity index (χ0) is 20.9. The van der Waals surface area contributed by atoms with Gasteiger partial charge < -0.3 is 14.4 Å². The molecule has 5 heterocycles. The van der Waals surface area contributed by atoms with E-state index in [0.717, 1.165) is 19.3 Å². The predicted octanol–water partition coefficient (Wildman–Crippen LogP) is 2.70. The number of nitrogens with zero attached hydrogens (tertiary/aromatic N) is 2. The van der Waals surface area contributed by atoms with Crippen molar-refractivity contribution in [1.29, 1.82) is 0 Å². The average molecular weight is 411 g/mol. The molecule has 0 radical (unpaired) electrons. The molecule has 2 unspecified atom stereocenters. The van der Waals surface area contributed by atoms with Crippen LogP contribution in [0.5, 0.6) is 0 Å². The maximum absolute atomic E-state index is 12.3. The number of piperidine rings is 4. The Morgan fingerprint density at radius 3 is 2.57 bits per heavy atom. The first-order valence-corrected chi connectivity index (χ1v) is 11.3. The van der Waals surface area contributed by atoms with Crippen molar-refractivity contribution in [3.63, 3.8) is 0 Å². The molecule has 30 heavy (non-hydrogen) atoms. The minimum atomic E-state index is -0.203. The molecule has 1 saturated carbocycles. The number of para-hydroxylation sites is 1. The van der Waals surface area contributed by atoms with Crippen LogP contribution in [0.2, 0.25) is 0 Å². The van der Waals surface area contributed by atoms with E-state index in [0.29, 0.717) is 29.8 Å². The number of carbonyl (C=O) groups is 2. The standard InChI is InChI=1S/C24H30N2O4/c1-5-14-15-10-18-21-24(16-8-6-7-9-17(16)25(21)4)11-19(20(15)22(24)29-12(2)27)26(18)23(14)30-13(3)28/h6-9,14-15,18-23H,5,10-11H2,1-4H3/t14-,15-,18-,19-,20+,21-,22+,23+,24?/m1/s1. The number of esters is 2. The SMILES string of the molecule is CC[C@@H]1[C@H]2C[C@@H]3[C@H]4N(C)c5ccccc5C45C[C@H]([C@H]2[C@@H]5OC(C)=O)N3[C@H]1OC(C)=O. The minimum absolute atomic E-state index is 0.122. The molecule has 0 N–H and O–H groups in total. The molecule has 160 valence electrons. The lowest BCUT2D eigenvalue weighted by atomic mass is 9.62. The Morgan fingerprint density at radius 2 is 1.87 bits per heavy atom. The molecule has 6 aliphatic rings. The molecular weight excluding hydrogens is 380 g/mol. The molecule has 1 spiro atoms. The van der Waals surface area contributed by atoms with Gasteiger partial charge in [-0.05, 0) is 36.8 Å². The van der Waals surface area contributed by atoms with Crippen LogP contribution in [0.3, 0.4) is 0 Å². The van der Waals surface area contributed by atoms with Crippen molar-refractivity contribution >= 4 is 17.6 Å². The Balaban J connectivity index is 1.56. The van der Waals surface area contributed by atoms with E-state index in [1.165, 1.54) is 18.2 Å². The minimum Gasteiger partial charge on any atom is -0.461 e. The van der Waals surface area contributed by atoms with Crippen LogP contribution in [-0.2, 0) is 24.5 Å². The fraction of sp³-hybridized carbons (Fsp3) is 0.667. The third-order valence-electron chi connectivity index (χ3n) is 8.98. The van der Waals surface area contributed by atoms with E-state index in [-0.39, 0.29) is 35.7 Å². The summed E-state index contributed by atoms with van der Waals surface area (Å²) in [6.07, 6.45) is 2.72. The normalized spacial score (nSPS) is 46.5.